The monoisotopic (exact) mass is 403 g/mol. The number of pyridine rings is 1. The predicted octanol–water partition coefficient (Wildman–Crippen LogP) is 5.41. The minimum Gasteiger partial charge on any atom is -0.481 e. The Morgan fingerprint density at radius 3 is 2.76 bits per heavy atom. The molecule has 2 aromatic carbocycles. The summed E-state index contributed by atoms with van der Waals surface area (Å²) in [7, 11) is 0. The van der Waals surface area contributed by atoms with E-state index in [0.29, 0.717) is 18.1 Å². The number of fused-ring (bicyclic) bond motifs is 2. The molecule has 1 aliphatic carbocycles. The zero-order valence-corrected chi connectivity index (χ0v) is 16.7. The maximum atomic E-state index is 10.8. The lowest BCUT2D eigenvalue weighted by molar-refractivity contribution is -0.137. The van der Waals surface area contributed by atoms with Crippen molar-refractivity contribution in [2.24, 2.45) is 0 Å². The minimum absolute atomic E-state index is 0.174. The summed E-state index contributed by atoms with van der Waals surface area (Å²) < 4.78 is 2.20. The van der Waals surface area contributed by atoms with Crippen molar-refractivity contribution in [3.05, 3.63) is 60.4 Å². The van der Waals surface area contributed by atoms with Crippen LogP contribution in [0.5, 0.6) is 0 Å². The number of hydrogen-bond acceptors (Lipinski definition) is 4. The van der Waals surface area contributed by atoms with Gasteiger partial charge in [-0.25, -0.2) is 4.98 Å². The number of aliphatic carboxylic acids is 1. The maximum absolute atomic E-state index is 10.8. The van der Waals surface area contributed by atoms with Gasteiger partial charge >= 0.3 is 5.97 Å². The number of carbonyl (C=O) groups is 1. The van der Waals surface area contributed by atoms with Gasteiger partial charge in [-0.1, -0.05) is 42.1 Å². The highest BCUT2D eigenvalue weighted by Crippen LogP contribution is 2.44. The molecule has 1 saturated carbocycles. The Hall–Kier alpha value is -2.86. The first-order valence-electron chi connectivity index (χ1n) is 9.91. The molecule has 0 unspecified atom stereocenters. The van der Waals surface area contributed by atoms with Gasteiger partial charge in [0.05, 0.1) is 17.4 Å². The van der Waals surface area contributed by atoms with Crippen LogP contribution in [0.2, 0.25) is 0 Å². The van der Waals surface area contributed by atoms with Crippen LogP contribution in [-0.2, 0) is 4.79 Å². The Morgan fingerprint density at radius 1 is 1.14 bits per heavy atom. The van der Waals surface area contributed by atoms with Gasteiger partial charge in [-0.15, -0.1) is 0 Å². The van der Waals surface area contributed by atoms with E-state index in [1.54, 1.807) is 24.2 Å². The number of carboxylic acids is 1. The van der Waals surface area contributed by atoms with Crippen molar-refractivity contribution in [1.29, 1.82) is 0 Å². The molecule has 2 heterocycles. The molecule has 0 radical (unpaired) electrons. The van der Waals surface area contributed by atoms with E-state index >= 15 is 0 Å². The third-order valence-electron chi connectivity index (χ3n) is 5.39. The highest BCUT2D eigenvalue weighted by Gasteiger charge is 2.26. The first-order chi connectivity index (χ1) is 14.2. The van der Waals surface area contributed by atoms with Crippen LogP contribution in [0.4, 0.5) is 0 Å². The fourth-order valence-corrected chi connectivity index (χ4v) is 4.84. The Labute approximate surface area is 172 Å². The summed E-state index contributed by atoms with van der Waals surface area (Å²) in [6, 6.07) is 15.1. The molecule has 29 heavy (non-hydrogen) atoms. The average Bonchev–Trinajstić information content (AvgIpc) is 3.51. The topological polar surface area (TPSA) is 68.0 Å². The standard InChI is InChI=1S/C23H21N3O2S/c27-22(28)6-3-13-29-23-25-19-14-24-12-11-21(19)26(23)20-10-9-16(15-7-8-15)17-4-1-2-5-18(17)20/h1-2,4-5,9-12,14-15H,3,6-8,13H2,(H,27,28). The Morgan fingerprint density at radius 2 is 1.97 bits per heavy atom. The van der Waals surface area contributed by atoms with Gasteiger partial charge in [-0.3, -0.25) is 14.3 Å². The zero-order valence-electron chi connectivity index (χ0n) is 15.9. The quantitative estimate of drug-likeness (QED) is 0.330. The molecular weight excluding hydrogens is 382 g/mol. The van der Waals surface area contributed by atoms with E-state index in [-0.39, 0.29) is 6.42 Å². The summed E-state index contributed by atoms with van der Waals surface area (Å²) in [6.45, 7) is 0. The predicted molar refractivity (Wildman–Crippen MR) is 116 cm³/mol. The van der Waals surface area contributed by atoms with Crippen LogP contribution in [0.15, 0.2) is 60.0 Å². The molecule has 2 aromatic heterocycles. The summed E-state index contributed by atoms with van der Waals surface area (Å²) in [5.41, 5.74) is 4.42. The number of aromatic nitrogens is 3. The highest BCUT2D eigenvalue weighted by molar-refractivity contribution is 7.99. The third-order valence-corrected chi connectivity index (χ3v) is 6.41. The number of rotatable bonds is 7. The van der Waals surface area contributed by atoms with Crippen LogP contribution in [0.3, 0.4) is 0 Å². The number of benzene rings is 2. The molecule has 0 spiro atoms. The SMILES string of the molecule is O=C(O)CCCSc1nc2cnccc2n1-c1ccc(C2CC2)c2ccccc12. The van der Waals surface area contributed by atoms with E-state index in [2.05, 4.69) is 45.9 Å². The van der Waals surface area contributed by atoms with Crippen molar-refractivity contribution in [1.82, 2.24) is 14.5 Å². The zero-order chi connectivity index (χ0) is 19.8. The molecule has 1 fully saturated rings. The van der Waals surface area contributed by atoms with Crippen molar-refractivity contribution in [2.45, 2.75) is 36.8 Å². The van der Waals surface area contributed by atoms with Crippen LogP contribution < -0.4 is 0 Å². The molecular formula is C23H21N3O2S. The second-order valence-corrected chi connectivity index (χ2v) is 8.50. The summed E-state index contributed by atoms with van der Waals surface area (Å²) >= 11 is 1.60. The molecule has 4 aromatic rings. The molecule has 146 valence electrons. The van der Waals surface area contributed by atoms with E-state index in [9.17, 15) is 4.79 Å². The summed E-state index contributed by atoms with van der Waals surface area (Å²) in [5.74, 6) is 0.633. The lowest BCUT2D eigenvalue weighted by Crippen LogP contribution is -2.00. The lowest BCUT2D eigenvalue weighted by Gasteiger charge is -2.14. The van der Waals surface area contributed by atoms with Gasteiger partial charge in [0.1, 0.15) is 5.52 Å². The van der Waals surface area contributed by atoms with Gasteiger partial charge < -0.3 is 5.11 Å². The van der Waals surface area contributed by atoms with Crippen molar-refractivity contribution >= 4 is 39.5 Å². The number of imidazole rings is 1. The highest BCUT2D eigenvalue weighted by atomic mass is 32.2. The van der Waals surface area contributed by atoms with Gasteiger partial charge in [0.25, 0.3) is 0 Å². The van der Waals surface area contributed by atoms with Gasteiger partial charge in [-0.05, 0) is 48.3 Å². The molecule has 0 amide bonds. The molecule has 5 nitrogen and oxygen atoms in total. The molecule has 0 saturated heterocycles. The summed E-state index contributed by atoms with van der Waals surface area (Å²) in [5, 5.41) is 12.3. The van der Waals surface area contributed by atoms with Crippen LogP contribution in [0.25, 0.3) is 27.5 Å². The van der Waals surface area contributed by atoms with Crippen molar-refractivity contribution in [2.75, 3.05) is 5.75 Å². The molecule has 0 atom stereocenters. The smallest absolute Gasteiger partial charge is 0.303 e. The molecule has 5 rings (SSSR count). The van der Waals surface area contributed by atoms with E-state index in [1.807, 2.05) is 6.07 Å². The van der Waals surface area contributed by atoms with E-state index in [0.717, 1.165) is 21.9 Å². The van der Waals surface area contributed by atoms with Crippen molar-refractivity contribution in [3.8, 4) is 5.69 Å². The minimum atomic E-state index is -0.759. The van der Waals surface area contributed by atoms with Gasteiger partial charge in [0, 0.05) is 23.8 Å². The normalized spacial score (nSPS) is 13.9. The third kappa shape index (κ3) is 3.49. The average molecular weight is 404 g/mol. The van der Waals surface area contributed by atoms with E-state index < -0.39 is 5.97 Å². The van der Waals surface area contributed by atoms with Crippen LogP contribution in [-0.4, -0.2) is 31.4 Å². The summed E-state index contributed by atoms with van der Waals surface area (Å²) in [6.07, 6.45) is 6.91. The molecule has 1 aliphatic rings. The Bertz CT molecular complexity index is 1210. The van der Waals surface area contributed by atoms with Crippen molar-refractivity contribution < 1.29 is 9.90 Å². The Kier molecular flexibility index (Phi) is 4.72. The number of hydrogen-bond donors (Lipinski definition) is 1. The van der Waals surface area contributed by atoms with E-state index in [4.69, 9.17) is 10.1 Å². The summed E-state index contributed by atoms with van der Waals surface area (Å²) in [4.78, 5) is 19.9. The van der Waals surface area contributed by atoms with E-state index in [1.165, 1.54) is 29.2 Å². The van der Waals surface area contributed by atoms with Crippen molar-refractivity contribution in [3.63, 3.8) is 0 Å². The second kappa shape index (κ2) is 7.52. The van der Waals surface area contributed by atoms with Gasteiger partial charge in [-0.2, -0.15) is 0 Å². The first-order valence-corrected chi connectivity index (χ1v) is 10.9. The van der Waals surface area contributed by atoms with Crippen LogP contribution in [0.1, 0.15) is 37.2 Å². The van der Waals surface area contributed by atoms with Gasteiger partial charge in [0.15, 0.2) is 5.16 Å². The molecule has 0 bridgehead atoms. The number of thioether (sulfide) groups is 1. The largest absolute Gasteiger partial charge is 0.481 e. The Balaban J connectivity index is 1.63. The van der Waals surface area contributed by atoms with Gasteiger partial charge in [0.2, 0.25) is 0 Å². The number of nitrogens with zero attached hydrogens (tertiary/aromatic N) is 3. The van der Waals surface area contributed by atoms with Crippen LogP contribution >= 0.6 is 11.8 Å². The molecule has 0 aliphatic heterocycles. The molecule has 6 heteroatoms. The number of carboxylic acid groups (broad SMARTS) is 1. The van der Waals surface area contributed by atoms with Crippen LogP contribution in [0, 0.1) is 0 Å². The fourth-order valence-electron chi connectivity index (χ4n) is 3.88. The molecule has 1 N–H and O–H groups in total. The maximum Gasteiger partial charge on any atom is 0.303 e. The first kappa shape index (κ1) is 18.2. The second-order valence-electron chi connectivity index (χ2n) is 7.43. The fraction of sp³-hybridized carbons (Fsp3) is 0.261. The lowest BCUT2D eigenvalue weighted by atomic mass is 9.99.